The van der Waals surface area contributed by atoms with Gasteiger partial charge in [0.1, 0.15) is 5.69 Å². The monoisotopic (exact) mass is 344 g/mol. The Balaban J connectivity index is 1.68. The normalized spacial score (nSPS) is 15.1. The molecule has 1 aromatic carbocycles. The van der Waals surface area contributed by atoms with Gasteiger partial charge in [-0.2, -0.15) is 0 Å². The van der Waals surface area contributed by atoms with E-state index < -0.39 is 0 Å². The van der Waals surface area contributed by atoms with E-state index in [9.17, 15) is 4.79 Å². The standard InChI is InChI=1S/C18H21ClN4O/c1-12-7-8-14(11-15(12)19)22-18-20-10-9-16(23-18)17(24)21-13-5-3-2-4-6-13/h7-11,13H,2-6H2,1H3,(H,21,24)(H,20,22,23). The number of nitrogens with one attached hydrogen (secondary N) is 2. The first-order valence-electron chi connectivity index (χ1n) is 8.29. The second kappa shape index (κ2) is 7.62. The van der Waals surface area contributed by atoms with E-state index in [0.717, 1.165) is 24.1 Å². The van der Waals surface area contributed by atoms with Crippen LogP contribution in [0.4, 0.5) is 11.6 Å². The summed E-state index contributed by atoms with van der Waals surface area (Å²) in [6.07, 6.45) is 7.28. The van der Waals surface area contributed by atoms with Gasteiger partial charge in [-0.1, -0.05) is 36.9 Å². The van der Waals surface area contributed by atoms with Gasteiger partial charge < -0.3 is 10.6 Å². The van der Waals surface area contributed by atoms with Crippen LogP contribution in [0.25, 0.3) is 0 Å². The van der Waals surface area contributed by atoms with Gasteiger partial charge in [0.25, 0.3) is 5.91 Å². The Labute approximate surface area is 146 Å². The van der Waals surface area contributed by atoms with Crippen molar-refractivity contribution < 1.29 is 4.79 Å². The minimum absolute atomic E-state index is 0.144. The molecule has 1 heterocycles. The first-order valence-corrected chi connectivity index (χ1v) is 8.67. The number of halogens is 1. The van der Waals surface area contributed by atoms with Crippen molar-refractivity contribution in [3.8, 4) is 0 Å². The van der Waals surface area contributed by atoms with Crippen LogP contribution in [0, 0.1) is 6.92 Å². The summed E-state index contributed by atoms with van der Waals surface area (Å²) in [6, 6.07) is 7.53. The molecule has 1 saturated carbocycles. The number of amides is 1. The summed E-state index contributed by atoms with van der Waals surface area (Å²) in [6.45, 7) is 1.94. The van der Waals surface area contributed by atoms with Crippen LogP contribution in [-0.4, -0.2) is 21.9 Å². The minimum atomic E-state index is -0.144. The SMILES string of the molecule is Cc1ccc(Nc2nccc(C(=O)NC3CCCCC3)n2)cc1Cl. The lowest BCUT2D eigenvalue weighted by atomic mass is 9.95. The number of rotatable bonds is 4. The van der Waals surface area contributed by atoms with Crippen molar-refractivity contribution in [3.63, 3.8) is 0 Å². The summed E-state index contributed by atoms with van der Waals surface area (Å²) in [7, 11) is 0. The van der Waals surface area contributed by atoms with Crippen molar-refractivity contribution in [1.82, 2.24) is 15.3 Å². The fraction of sp³-hybridized carbons (Fsp3) is 0.389. The molecule has 1 fully saturated rings. The molecule has 1 aromatic heterocycles. The summed E-state index contributed by atoms with van der Waals surface area (Å²) in [5.41, 5.74) is 2.16. The largest absolute Gasteiger partial charge is 0.348 e. The topological polar surface area (TPSA) is 66.9 Å². The molecule has 1 aliphatic rings. The zero-order chi connectivity index (χ0) is 16.9. The third-order valence-electron chi connectivity index (χ3n) is 4.26. The Morgan fingerprint density at radius 3 is 2.75 bits per heavy atom. The van der Waals surface area contributed by atoms with E-state index in [-0.39, 0.29) is 11.9 Å². The highest BCUT2D eigenvalue weighted by Gasteiger charge is 2.17. The quantitative estimate of drug-likeness (QED) is 0.870. The molecule has 1 amide bonds. The van der Waals surface area contributed by atoms with Crippen LogP contribution >= 0.6 is 11.6 Å². The van der Waals surface area contributed by atoms with E-state index in [1.165, 1.54) is 19.3 Å². The van der Waals surface area contributed by atoms with Crippen LogP contribution < -0.4 is 10.6 Å². The van der Waals surface area contributed by atoms with Crippen molar-refractivity contribution in [2.24, 2.45) is 0 Å². The molecular weight excluding hydrogens is 324 g/mol. The highest BCUT2D eigenvalue weighted by molar-refractivity contribution is 6.31. The maximum Gasteiger partial charge on any atom is 0.270 e. The predicted molar refractivity (Wildman–Crippen MR) is 95.8 cm³/mol. The Kier molecular flexibility index (Phi) is 5.30. The number of aromatic nitrogens is 2. The van der Waals surface area contributed by atoms with E-state index >= 15 is 0 Å². The lowest BCUT2D eigenvalue weighted by molar-refractivity contribution is 0.0922. The van der Waals surface area contributed by atoms with E-state index in [2.05, 4.69) is 20.6 Å². The molecule has 6 heteroatoms. The Morgan fingerprint density at radius 2 is 2.00 bits per heavy atom. The summed E-state index contributed by atoms with van der Waals surface area (Å²) in [5, 5.41) is 6.82. The first kappa shape index (κ1) is 16.7. The summed E-state index contributed by atoms with van der Waals surface area (Å²) in [4.78, 5) is 20.8. The van der Waals surface area contributed by atoms with Gasteiger partial charge in [0, 0.05) is 22.9 Å². The number of nitrogens with zero attached hydrogens (tertiary/aromatic N) is 2. The van der Waals surface area contributed by atoms with Crippen LogP contribution in [0.2, 0.25) is 5.02 Å². The average Bonchev–Trinajstić information content (AvgIpc) is 2.59. The van der Waals surface area contributed by atoms with Gasteiger partial charge in [0.15, 0.2) is 0 Å². The fourth-order valence-electron chi connectivity index (χ4n) is 2.85. The summed E-state index contributed by atoms with van der Waals surface area (Å²) < 4.78 is 0. The molecule has 0 spiro atoms. The molecule has 3 rings (SSSR count). The zero-order valence-corrected chi connectivity index (χ0v) is 14.4. The van der Waals surface area contributed by atoms with Gasteiger partial charge >= 0.3 is 0 Å². The zero-order valence-electron chi connectivity index (χ0n) is 13.7. The van der Waals surface area contributed by atoms with Crippen molar-refractivity contribution in [2.45, 2.75) is 45.1 Å². The molecule has 0 bridgehead atoms. The second-order valence-corrected chi connectivity index (χ2v) is 6.57. The number of benzene rings is 1. The van der Waals surface area contributed by atoms with Crippen molar-refractivity contribution in [1.29, 1.82) is 0 Å². The van der Waals surface area contributed by atoms with E-state index in [0.29, 0.717) is 16.7 Å². The lowest BCUT2D eigenvalue weighted by Crippen LogP contribution is -2.36. The van der Waals surface area contributed by atoms with Crippen molar-refractivity contribution >= 4 is 29.1 Å². The fourth-order valence-corrected chi connectivity index (χ4v) is 3.03. The third kappa shape index (κ3) is 4.23. The molecule has 5 nitrogen and oxygen atoms in total. The Morgan fingerprint density at radius 1 is 1.21 bits per heavy atom. The van der Waals surface area contributed by atoms with Crippen molar-refractivity contribution in [3.05, 3.63) is 46.7 Å². The molecule has 0 saturated heterocycles. The molecule has 0 unspecified atom stereocenters. The van der Waals surface area contributed by atoms with Gasteiger partial charge in [-0.3, -0.25) is 4.79 Å². The average molecular weight is 345 g/mol. The van der Waals surface area contributed by atoms with Crippen LogP contribution in [0.1, 0.15) is 48.2 Å². The molecule has 24 heavy (non-hydrogen) atoms. The van der Waals surface area contributed by atoms with E-state index in [1.54, 1.807) is 12.3 Å². The first-order chi connectivity index (χ1) is 11.6. The molecule has 1 aliphatic carbocycles. The van der Waals surface area contributed by atoms with Crippen LogP contribution in [-0.2, 0) is 0 Å². The highest BCUT2D eigenvalue weighted by Crippen LogP contribution is 2.22. The Bertz CT molecular complexity index is 729. The van der Waals surface area contributed by atoms with Gasteiger partial charge in [0.05, 0.1) is 0 Å². The van der Waals surface area contributed by atoms with E-state index in [4.69, 9.17) is 11.6 Å². The molecule has 126 valence electrons. The second-order valence-electron chi connectivity index (χ2n) is 6.16. The van der Waals surface area contributed by atoms with Gasteiger partial charge in [0.2, 0.25) is 5.95 Å². The van der Waals surface area contributed by atoms with E-state index in [1.807, 2.05) is 25.1 Å². The lowest BCUT2D eigenvalue weighted by Gasteiger charge is -2.22. The molecular formula is C18H21ClN4O. The summed E-state index contributed by atoms with van der Waals surface area (Å²) in [5.74, 6) is 0.237. The number of hydrogen-bond acceptors (Lipinski definition) is 4. The summed E-state index contributed by atoms with van der Waals surface area (Å²) >= 11 is 6.13. The number of carbonyl (C=O) groups is 1. The molecule has 0 radical (unpaired) electrons. The molecule has 2 aromatic rings. The van der Waals surface area contributed by atoms with Gasteiger partial charge in [-0.05, 0) is 43.5 Å². The van der Waals surface area contributed by atoms with Crippen LogP contribution in [0.15, 0.2) is 30.5 Å². The Hall–Kier alpha value is -2.14. The molecule has 2 N–H and O–H groups in total. The third-order valence-corrected chi connectivity index (χ3v) is 4.66. The molecule has 0 atom stereocenters. The van der Waals surface area contributed by atoms with Crippen LogP contribution in [0.3, 0.4) is 0 Å². The molecule has 0 aliphatic heterocycles. The number of carbonyl (C=O) groups excluding carboxylic acids is 1. The maximum atomic E-state index is 12.4. The van der Waals surface area contributed by atoms with Gasteiger partial charge in [-0.25, -0.2) is 9.97 Å². The highest BCUT2D eigenvalue weighted by atomic mass is 35.5. The smallest absolute Gasteiger partial charge is 0.270 e. The number of aryl methyl sites for hydroxylation is 1. The van der Waals surface area contributed by atoms with Crippen molar-refractivity contribution in [2.75, 3.05) is 5.32 Å². The minimum Gasteiger partial charge on any atom is -0.348 e. The van der Waals surface area contributed by atoms with Gasteiger partial charge in [-0.15, -0.1) is 0 Å². The van der Waals surface area contributed by atoms with Crippen LogP contribution in [0.5, 0.6) is 0 Å². The number of hydrogen-bond donors (Lipinski definition) is 2. The maximum absolute atomic E-state index is 12.4. The number of anilines is 2. The predicted octanol–water partition coefficient (Wildman–Crippen LogP) is 4.24.